The molecule has 3 aromatic rings. The number of aromatic nitrogens is 2. The number of amides is 2. The maximum atomic E-state index is 13.4. The van der Waals surface area contributed by atoms with Gasteiger partial charge in [-0.1, -0.05) is 12.1 Å². The van der Waals surface area contributed by atoms with Crippen LogP contribution in [-0.4, -0.2) is 98.0 Å². The van der Waals surface area contributed by atoms with E-state index in [1.54, 1.807) is 43.4 Å². The molecule has 0 saturated carbocycles. The van der Waals surface area contributed by atoms with Gasteiger partial charge in [0.1, 0.15) is 18.0 Å². The molecular formula is C30H35N5O5. The van der Waals surface area contributed by atoms with E-state index in [9.17, 15) is 9.59 Å². The van der Waals surface area contributed by atoms with Gasteiger partial charge in [0.25, 0.3) is 5.91 Å². The van der Waals surface area contributed by atoms with Crippen molar-refractivity contribution in [3.05, 3.63) is 66.2 Å². The van der Waals surface area contributed by atoms with Crippen LogP contribution in [0.4, 0.5) is 5.82 Å². The predicted octanol–water partition coefficient (Wildman–Crippen LogP) is 3.13. The van der Waals surface area contributed by atoms with Gasteiger partial charge in [-0.2, -0.15) is 0 Å². The average molecular weight is 546 g/mol. The summed E-state index contributed by atoms with van der Waals surface area (Å²) in [5, 5.41) is 8.84. The van der Waals surface area contributed by atoms with Crippen molar-refractivity contribution in [2.75, 3.05) is 65.0 Å². The molecule has 0 bridgehead atoms. The predicted molar refractivity (Wildman–Crippen MR) is 151 cm³/mol. The SMILES string of the molecule is COc1ccc(C(=O)N(CC(=O)N2CCN(c3ccc(-c4cccc(OC)c4)nn3)CC2)C[C@H]2CCCO2)cc1. The molecule has 0 spiro atoms. The number of ether oxygens (including phenoxy) is 3. The van der Waals surface area contributed by atoms with Crippen LogP contribution in [0.5, 0.6) is 11.5 Å². The molecule has 2 aliphatic rings. The first kappa shape index (κ1) is 27.4. The lowest BCUT2D eigenvalue weighted by molar-refractivity contribution is -0.132. The second-order valence-corrected chi connectivity index (χ2v) is 9.93. The van der Waals surface area contributed by atoms with Crippen LogP contribution >= 0.6 is 0 Å². The fourth-order valence-corrected chi connectivity index (χ4v) is 5.05. The molecular weight excluding hydrogens is 510 g/mol. The quantitative estimate of drug-likeness (QED) is 0.405. The Bertz CT molecular complexity index is 1290. The van der Waals surface area contributed by atoms with E-state index in [0.29, 0.717) is 50.6 Å². The van der Waals surface area contributed by atoms with Crippen LogP contribution in [0.2, 0.25) is 0 Å². The number of hydrogen-bond donors (Lipinski definition) is 0. The van der Waals surface area contributed by atoms with E-state index in [0.717, 1.165) is 35.7 Å². The largest absolute Gasteiger partial charge is 0.497 e. The molecule has 210 valence electrons. The highest BCUT2D eigenvalue weighted by atomic mass is 16.5. The number of anilines is 1. The molecule has 0 radical (unpaired) electrons. The molecule has 40 heavy (non-hydrogen) atoms. The Hall–Kier alpha value is -4.18. The minimum absolute atomic E-state index is 0.0137. The van der Waals surface area contributed by atoms with Gasteiger partial charge in [0.05, 0.1) is 26.0 Å². The summed E-state index contributed by atoms with van der Waals surface area (Å²) in [4.78, 5) is 32.3. The van der Waals surface area contributed by atoms with Gasteiger partial charge in [0.2, 0.25) is 5.91 Å². The van der Waals surface area contributed by atoms with Crippen molar-refractivity contribution in [2.45, 2.75) is 18.9 Å². The molecule has 5 rings (SSSR count). The summed E-state index contributed by atoms with van der Waals surface area (Å²) < 4.78 is 16.3. The van der Waals surface area contributed by atoms with E-state index >= 15 is 0 Å². The van der Waals surface area contributed by atoms with Crippen LogP contribution in [0.25, 0.3) is 11.3 Å². The molecule has 1 aromatic heterocycles. The average Bonchev–Trinajstić information content (AvgIpc) is 3.54. The van der Waals surface area contributed by atoms with Crippen molar-refractivity contribution in [2.24, 2.45) is 0 Å². The van der Waals surface area contributed by atoms with Gasteiger partial charge in [-0.15, -0.1) is 10.2 Å². The minimum atomic E-state index is -0.184. The molecule has 1 atom stereocenters. The van der Waals surface area contributed by atoms with Crippen molar-refractivity contribution < 1.29 is 23.8 Å². The van der Waals surface area contributed by atoms with Crippen LogP contribution in [0.1, 0.15) is 23.2 Å². The van der Waals surface area contributed by atoms with E-state index in [2.05, 4.69) is 15.1 Å². The molecule has 2 fully saturated rings. The standard InChI is InChI=1S/C30H35N5O5/c1-38-24-10-8-22(9-11-24)30(37)35(20-26-7-4-18-40-26)21-29(36)34-16-14-33(15-17-34)28-13-12-27(31-32-28)23-5-3-6-25(19-23)39-2/h3,5-6,8-13,19,26H,4,7,14-18,20-21H2,1-2H3/t26-/m1/s1. The van der Waals surface area contributed by atoms with Gasteiger partial charge in [-0.25, -0.2) is 0 Å². The lowest BCUT2D eigenvalue weighted by Gasteiger charge is -2.36. The highest BCUT2D eigenvalue weighted by Gasteiger charge is 2.29. The Morgan fingerprint density at radius 2 is 1.73 bits per heavy atom. The summed E-state index contributed by atoms with van der Waals surface area (Å²) >= 11 is 0. The normalized spacial score (nSPS) is 17.0. The van der Waals surface area contributed by atoms with Gasteiger partial charge >= 0.3 is 0 Å². The summed E-state index contributed by atoms with van der Waals surface area (Å²) in [7, 11) is 3.22. The smallest absolute Gasteiger partial charge is 0.254 e. The van der Waals surface area contributed by atoms with Crippen molar-refractivity contribution in [3.63, 3.8) is 0 Å². The number of rotatable bonds is 9. The summed E-state index contributed by atoms with van der Waals surface area (Å²) in [6.07, 6.45) is 1.80. The Morgan fingerprint density at radius 1 is 0.950 bits per heavy atom. The highest BCUT2D eigenvalue weighted by Crippen LogP contribution is 2.23. The number of nitrogens with zero attached hydrogens (tertiary/aromatic N) is 5. The number of carbonyl (C=O) groups excluding carboxylic acids is 2. The van der Waals surface area contributed by atoms with Crippen LogP contribution in [0.3, 0.4) is 0 Å². The maximum absolute atomic E-state index is 13.4. The summed E-state index contributed by atoms with van der Waals surface area (Å²) in [6.45, 7) is 3.46. The highest BCUT2D eigenvalue weighted by molar-refractivity contribution is 5.96. The Morgan fingerprint density at radius 3 is 2.38 bits per heavy atom. The van der Waals surface area contributed by atoms with Gasteiger partial charge in [0, 0.05) is 50.5 Å². The number of hydrogen-bond acceptors (Lipinski definition) is 8. The van der Waals surface area contributed by atoms with Crippen molar-refractivity contribution >= 4 is 17.6 Å². The zero-order valence-electron chi connectivity index (χ0n) is 23.0. The zero-order chi connectivity index (χ0) is 27.9. The third kappa shape index (κ3) is 6.51. The zero-order valence-corrected chi connectivity index (χ0v) is 23.0. The van der Waals surface area contributed by atoms with Crippen molar-refractivity contribution in [1.29, 1.82) is 0 Å². The Balaban J connectivity index is 1.19. The van der Waals surface area contributed by atoms with Crippen molar-refractivity contribution in [1.82, 2.24) is 20.0 Å². The van der Waals surface area contributed by atoms with Crippen LogP contribution < -0.4 is 14.4 Å². The minimum Gasteiger partial charge on any atom is -0.497 e. The molecule has 2 saturated heterocycles. The van der Waals surface area contributed by atoms with Crippen LogP contribution in [0, 0.1) is 0 Å². The first-order valence-electron chi connectivity index (χ1n) is 13.6. The molecule has 0 N–H and O–H groups in total. The second-order valence-electron chi connectivity index (χ2n) is 9.93. The second kappa shape index (κ2) is 12.8. The lowest BCUT2D eigenvalue weighted by atomic mass is 10.1. The molecule has 2 amide bonds. The summed E-state index contributed by atoms with van der Waals surface area (Å²) in [6, 6.07) is 18.6. The van der Waals surface area contributed by atoms with Crippen LogP contribution in [0.15, 0.2) is 60.7 Å². The summed E-state index contributed by atoms with van der Waals surface area (Å²) in [5.41, 5.74) is 2.22. The molecule has 10 nitrogen and oxygen atoms in total. The van der Waals surface area contributed by atoms with E-state index in [1.807, 2.05) is 41.3 Å². The molecule has 2 aliphatic heterocycles. The molecule has 3 heterocycles. The van der Waals surface area contributed by atoms with Gasteiger partial charge < -0.3 is 28.9 Å². The topological polar surface area (TPSA) is 97.3 Å². The van der Waals surface area contributed by atoms with E-state index in [1.165, 1.54) is 0 Å². The molecule has 2 aromatic carbocycles. The third-order valence-electron chi connectivity index (χ3n) is 7.37. The summed E-state index contributed by atoms with van der Waals surface area (Å²) in [5.74, 6) is 1.96. The number of methoxy groups -OCH3 is 2. The Labute approximate surface area is 234 Å². The van der Waals surface area contributed by atoms with Gasteiger partial charge in [-0.3, -0.25) is 9.59 Å². The van der Waals surface area contributed by atoms with Crippen LogP contribution in [-0.2, 0) is 9.53 Å². The molecule has 10 heteroatoms. The number of benzene rings is 2. The lowest BCUT2D eigenvalue weighted by Crippen LogP contribution is -2.52. The maximum Gasteiger partial charge on any atom is 0.254 e. The first-order valence-corrected chi connectivity index (χ1v) is 13.6. The van der Waals surface area contributed by atoms with E-state index in [4.69, 9.17) is 14.2 Å². The van der Waals surface area contributed by atoms with E-state index in [-0.39, 0.29) is 24.5 Å². The van der Waals surface area contributed by atoms with Gasteiger partial charge in [0.15, 0.2) is 5.82 Å². The van der Waals surface area contributed by atoms with Gasteiger partial charge in [-0.05, 0) is 61.4 Å². The molecule has 0 unspecified atom stereocenters. The monoisotopic (exact) mass is 545 g/mol. The molecule has 0 aliphatic carbocycles. The third-order valence-corrected chi connectivity index (χ3v) is 7.37. The number of piperazine rings is 1. The van der Waals surface area contributed by atoms with Crippen molar-refractivity contribution in [3.8, 4) is 22.8 Å². The first-order chi connectivity index (χ1) is 19.5. The fraction of sp³-hybridized carbons (Fsp3) is 0.400. The Kier molecular flexibility index (Phi) is 8.75. The van der Waals surface area contributed by atoms with E-state index < -0.39 is 0 Å². The fourth-order valence-electron chi connectivity index (χ4n) is 5.05. The number of carbonyl (C=O) groups is 2.